The van der Waals surface area contributed by atoms with Gasteiger partial charge in [-0.1, -0.05) is 0 Å². The Hall–Kier alpha value is -1.60. The van der Waals surface area contributed by atoms with Gasteiger partial charge in [-0.3, -0.25) is 9.10 Å². The Morgan fingerprint density at radius 1 is 1.29 bits per heavy atom. The van der Waals surface area contributed by atoms with Gasteiger partial charge in [-0.05, 0) is 44.0 Å². The first-order chi connectivity index (χ1) is 10.0. The lowest BCUT2D eigenvalue weighted by molar-refractivity contribution is -0.120. The van der Waals surface area contributed by atoms with Crippen molar-refractivity contribution in [2.75, 3.05) is 35.1 Å². The van der Waals surface area contributed by atoms with E-state index in [0.29, 0.717) is 30.9 Å². The Kier molecular flexibility index (Phi) is 5.19. The second-order valence-electron chi connectivity index (χ2n) is 4.83. The summed E-state index contributed by atoms with van der Waals surface area (Å²) in [6.07, 6.45) is 1.58. The van der Waals surface area contributed by atoms with Gasteiger partial charge in [0.1, 0.15) is 6.61 Å². The third kappa shape index (κ3) is 4.18. The van der Waals surface area contributed by atoms with E-state index in [4.69, 9.17) is 4.74 Å². The summed E-state index contributed by atoms with van der Waals surface area (Å²) in [6.45, 7) is 2.83. The predicted octanol–water partition coefficient (Wildman–Crippen LogP) is 1.59. The van der Waals surface area contributed by atoms with Crippen LogP contribution in [0.1, 0.15) is 19.8 Å². The van der Waals surface area contributed by atoms with Gasteiger partial charge in [-0.25, -0.2) is 8.42 Å². The molecule has 1 saturated heterocycles. The molecule has 1 aliphatic heterocycles. The SMILES string of the molecule is CCOCC(=O)Nc1ccc(N2CCCCS2(=O)=O)cc1. The molecule has 0 aliphatic carbocycles. The van der Waals surface area contributed by atoms with Crippen LogP contribution in [0.5, 0.6) is 0 Å². The van der Waals surface area contributed by atoms with Gasteiger partial charge in [0.2, 0.25) is 15.9 Å². The molecule has 21 heavy (non-hydrogen) atoms. The molecule has 1 N–H and O–H groups in total. The number of benzene rings is 1. The topological polar surface area (TPSA) is 75.7 Å². The molecule has 2 rings (SSSR count). The quantitative estimate of drug-likeness (QED) is 0.896. The molecule has 1 heterocycles. The highest BCUT2D eigenvalue weighted by Gasteiger charge is 2.25. The number of rotatable bonds is 5. The number of amides is 1. The van der Waals surface area contributed by atoms with E-state index in [1.165, 1.54) is 4.31 Å². The first-order valence-electron chi connectivity index (χ1n) is 7.01. The van der Waals surface area contributed by atoms with Crippen molar-refractivity contribution in [2.24, 2.45) is 0 Å². The standard InChI is InChI=1S/C14H20N2O4S/c1-2-20-11-14(17)15-12-5-7-13(8-6-12)16-9-3-4-10-21(16,18)19/h5-8H,2-4,9-11H2,1H3,(H,15,17). The fourth-order valence-electron chi connectivity index (χ4n) is 2.18. The van der Waals surface area contributed by atoms with Crippen molar-refractivity contribution in [1.82, 2.24) is 0 Å². The van der Waals surface area contributed by atoms with Crippen molar-refractivity contribution < 1.29 is 17.9 Å². The van der Waals surface area contributed by atoms with Crippen LogP contribution >= 0.6 is 0 Å². The average molecular weight is 312 g/mol. The normalized spacial score (nSPS) is 17.5. The molecule has 1 aromatic rings. The van der Waals surface area contributed by atoms with Crippen LogP contribution in [-0.2, 0) is 19.6 Å². The Bertz CT molecular complexity index is 583. The van der Waals surface area contributed by atoms with Crippen LogP contribution in [0.3, 0.4) is 0 Å². The van der Waals surface area contributed by atoms with Crippen molar-refractivity contribution >= 4 is 27.3 Å². The van der Waals surface area contributed by atoms with Gasteiger partial charge < -0.3 is 10.1 Å². The molecule has 1 aliphatic rings. The van der Waals surface area contributed by atoms with Crippen molar-refractivity contribution in [3.05, 3.63) is 24.3 Å². The van der Waals surface area contributed by atoms with E-state index in [1.54, 1.807) is 24.3 Å². The van der Waals surface area contributed by atoms with Gasteiger partial charge in [0.05, 0.1) is 11.4 Å². The van der Waals surface area contributed by atoms with E-state index in [-0.39, 0.29) is 18.3 Å². The minimum atomic E-state index is -3.20. The predicted molar refractivity (Wildman–Crippen MR) is 81.9 cm³/mol. The van der Waals surface area contributed by atoms with Crippen molar-refractivity contribution in [3.8, 4) is 0 Å². The van der Waals surface area contributed by atoms with Crippen LogP contribution in [0, 0.1) is 0 Å². The van der Waals surface area contributed by atoms with Gasteiger partial charge in [0.15, 0.2) is 0 Å². The number of nitrogens with zero attached hydrogens (tertiary/aromatic N) is 1. The van der Waals surface area contributed by atoms with E-state index in [1.807, 2.05) is 6.92 Å². The van der Waals surface area contributed by atoms with Crippen LogP contribution in [0.15, 0.2) is 24.3 Å². The van der Waals surface area contributed by atoms with Crippen LogP contribution in [0.2, 0.25) is 0 Å². The Morgan fingerprint density at radius 3 is 2.62 bits per heavy atom. The highest BCUT2D eigenvalue weighted by Crippen LogP contribution is 2.24. The van der Waals surface area contributed by atoms with Gasteiger partial charge in [-0.2, -0.15) is 0 Å². The van der Waals surface area contributed by atoms with E-state index in [9.17, 15) is 13.2 Å². The lowest BCUT2D eigenvalue weighted by atomic mass is 10.2. The summed E-state index contributed by atoms with van der Waals surface area (Å²) in [7, 11) is -3.20. The first kappa shape index (κ1) is 15.8. The van der Waals surface area contributed by atoms with Crippen molar-refractivity contribution in [2.45, 2.75) is 19.8 Å². The minimum absolute atomic E-state index is 0.0127. The van der Waals surface area contributed by atoms with Gasteiger partial charge in [0, 0.05) is 18.8 Å². The molecule has 7 heteroatoms. The second kappa shape index (κ2) is 6.91. The largest absolute Gasteiger partial charge is 0.372 e. The van der Waals surface area contributed by atoms with Crippen LogP contribution in [0.25, 0.3) is 0 Å². The molecule has 0 bridgehead atoms. The molecule has 116 valence electrons. The van der Waals surface area contributed by atoms with Crippen LogP contribution < -0.4 is 9.62 Å². The maximum absolute atomic E-state index is 12.0. The molecule has 1 fully saturated rings. The molecule has 0 radical (unpaired) electrons. The van der Waals surface area contributed by atoms with Gasteiger partial charge in [0.25, 0.3) is 0 Å². The third-order valence-electron chi connectivity index (χ3n) is 3.23. The molecule has 1 aromatic carbocycles. The van der Waals surface area contributed by atoms with E-state index < -0.39 is 10.0 Å². The number of hydrogen-bond acceptors (Lipinski definition) is 4. The molecular formula is C14H20N2O4S. The van der Waals surface area contributed by atoms with Crippen molar-refractivity contribution in [3.63, 3.8) is 0 Å². The highest BCUT2D eigenvalue weighted by atomic mass is 32.2. The first-order valence-corrected chi connectivity index (χ1v) is 8.62. The number of carbonyl (C=O) groups excluding carboxylic acids is 1. The minimum Gasteiger partial charge on any atom is -0.372 e. The molecule has 0 atom stereocenters. The summed E-state index contributed by atoms with van der Waals surface area (Å²) in [5, 5.41) is 2.70. The molecule has 0 spiro atoms. The molecule has 1 amide bonds. The Morgan fingerprint density at radius 2 is 2.00 bits per heavy atom. The summed E-state index contributed by atoms with van der Waals surface area (Å²) >= 11 is 0. The lowest BCUT2D eigenvalue weighted by Crippen LogP contribution is -2.37. The number of sulfonamides is 1. The number of nitrogens with one attached hydrogen (secondary N) is 1. The summed E-state index contributed by atoms with van der Waals surface area (Å²) in [6, 6.07) is 6.81. The third-order valence-corrected chi connectivity index (χ3v) is 5.10. The van der Waals surface area contributed by atoms with Crippen molar-refractivity contribution in [1.29, 1.82) is 0 Å². The monoisotopic (exact) mass is 312 g/mol. The number of carbonyl (C=O) groups is 1. The number of hydrogen-bond donors (Lipinski definition) is 1. The van der Waals surface area contributed by atoms with Crippen LogP contribution in [0.4, 0.5) is 11.4 Å². The molecule has 0 saturated carbocycles. The Balaban J connectivity index is 2.03. The zero-order chi connectivity index (χ0) is 15.3. The van der Waals surface area contributed by atoms with E-state index in [0.717, 1.165) is 6.42 Å². The van der Waals surface area contributed by atoms with Gasteiger partial charge >= 0.3 is 0 Å². The molecule has 0 aromatic heterocycles. The molecule has 0 unspecified atom stereocenters. The fraction of sp³-hybridized carbons (Fsp3) is 0.500. The molecular weight excluding hydrogens is 292 g/mol. The summed E-state index contributed by atoms with van der Waals surface area (Å²) in [5.74, 6) is -0.0324. The van der Waals surface area contributed by atoms with E-state index in [2.05, 4.69) is 5.32 Å². The summed E-state index contributed by atoms with van der Waals surface area (Å²) in [5.41, 5.74) is 1.26. The zero-order valence-corrected chi connectivity index (χ0v) is 12.9. The zero-order valence-electron chi connectivity index (χ0n) is 12.0. The highest BCUT2D eigenvalue weighted by molar-refractivity contribution is 7.92. The number of ether oxygens (including phenoxy) is 1. The van der Waals surface area contributed by atoms with Crippen LogP contribution in [-0.4, -0.2) is 39.8 Å². The Labute approximate surface area is 125 Å². The average Bonchev–Trinajstić information content (AvgIpc) is 2.46. The van der Waals surface area contributed by atoms with Gasteiger partial charge in [-0.15, -0.1) is 0 Å². The molecule has 6 nitrogen and oxygen atoms in total. The fourth-order valence-corrected chi connectivity index (χ4v) is 3.82. The second-order valence-corrected chi connectivity index (χ2v) is 6.84. The van der Waals surface area contributed by atoms with E-state index >= 15 is 0 Å². The number of anilines is 2. The lowest BCUT2D eigenvalue weighted by Gasteiger charge is -2.28. The maximum Gasteiger partial charge on any atom is 0.250 e. The maximum atomic E-state index is 12.0. The summed E-state index contributed by atoms with van der Waals surface area (Å²) < 4.78 is 30.5. The summed E-state index contributed by atoms with van der Waals surface area (Å²) in [4.78, 5) is 11.5. The smallest absolute Gasteiger partial charge is 0.250 e.